The normalized spacial score (nSPS) is 23.4. The molecule has 0 spiro atoms. The van der Waals surface area contributed by atoms with Crippen molar-refractivity contribution in [2.75, 3.05) is 18.0 Å². The Morgan fingerprint density at radius 2 is 1.76 bits per heavy atom. The van der Waals surface area contributed by atoms with Crippen LogP contribution in [0.5, 0.6) is 0 Å². The molecule has 2 bridgehead atoms. The van der Waals surface area contributed by atoms with Crippen LogP contribution in [0.4, 0.5) is 14.6 Å². The van der Waals surface area contributed by atoms with Crippen molar-refractivity contribution in [2.24, 2.45) is 5.41 Å². The lowest BCUT2D eigenvalue weighted by molar-refractivity contribution is 0.141. The maximum atomic E-state index is 14.5. The maximum Gasteiger partial charge on any atom is 0.135 e. The highest BCUT2D eigenvalue weighted by Crippen LogP contribution is 2.69. The van der Waals surface area contributed by atoms with Crippen LogP contribution in [0.1, 0.15) is 49.6 Å². The molecule has 192 valence electrons. The second-order valence-corrected chi connectivity index (χ2v) is 11.1. The van der Waals surface area contributed by atoms with Crippen molar-refractivity contribution < 1.29 is 13.9 Å². The third kappa shape index (κ3) is 3.11. The fourth-order valence-electron chi connectivity index (χ4n) is 6.83. The fraction of sp³-hybridized carbons (Fsp3) is 0.345. The van der Waals surface area contributed by atoms with Gasteiger partial charge in [-0.2, -0.15) is 5.10 Å². The second-order valence-electron chi connectivity index (χ2n) is 11.1. The lowest BCUT2D eigenvalue weighted by Crippen LogP contribution is -2.51. The summed E-state index contributed by atoms with van der Waals surface area (Å²) < 4.78 is 29.1. The van der Waals surface area contributed by atoms with E-state index in [1.54, 1.807) is 18.6 Å². The molecule has 0 radical (unpaired) electrons. The van der Waals surface area contributed by atoms with Crippen LogP contribution in [0, 0.1) is 17.0 Å². The SMILES string of the molecule is CC1(C)[C@H]2CC[C@]1(c1cncc(-c3ccc(N4CC(O)C4)nc3)n1)c1nnc(-c3c(F)cccc3F)cc12. The molecule has 2 aliphatic carbocycles. The number of halogens is 2. The zero-order valence-corrected chi connectivity index (χ0v) is 21.1. The average molecular weight is 513 g/mol. The number of benzene rings is 1. The van der Waals surface area contributed by atoms with Gasteiger partial charge < -0.3 is 10.0 Å². The van der Waals surface area contributed by atoms with Gasteiger partial charge in [0.25, 0.3) is 0 Å². The summed E-state index contributed by atoms with van der Waals surface area (Å²) in [6.45, 7) is 5.60. The van der Waals surface area contributed by atoms with Gasteiger partial charge in [-0.15, -0.1) is 5.10 Å². The molecule has 7 nitrogen and oxygen atoms in total. The first-order valence-corrected chi connectivity index (χ1v) is 12.8. The van der Waals surface area contributed by atoms with E-state index in [1.165, 1.54) is 18.2 Å². The maximum absolute atomic E-state index is 14.5. The van der Waals surface area contributed by atoms with Crippen LogP contribution in [0.2, 0.25) is 0 Å². The molecular weight excluding hydrogens is 486 g/mol. The topological polar surface area (TPSA) is 87.9 Å². The number of aliphatic hydroxyl groups is 1. The van der Waals surface area contributed by atoms with Gasteiger partial charge in [0.2, 0.25) is 0 Å². The van der Waals surface area contributed by atoms with Gasteiger partial charge in [0.15, 0.2) is 0 Å². The monoisotopic (exact) mass is 512 g/mol. The van der Waals surface area contributed by atoms with Crippen LogP contribution in [0.3, 0.4) is 0 Å². The van der Waals surface area contributed by atoms with Crippen molar-refractivity contribution >= 4 is 5.82 Å². The summed E-state index contributed by atoms with van der Waals surface area (Å²) in [6, 6.07) is 9.53. The van der Waals surface area contributed by atoms with Crippen molar-refractivity contribution in [3.8, 4) is 22.5 Å². The molecule has 9 heteroatoms. The Labute approximate surface area is 218 Å². The predicted octanol–water partition coefficient (Wildman–Crippen LogP) is 4.66. The zero-order chi connectivity index (χ0) is 26.2. The molecular formula is C29H26F2N6O. The average Bonchev–Trinajstić information content (AvgIpc) is 3.28. The molecule has 1 aromatic carbocycles. The van der Waals surface area contributed by atoms with Gasteiger partial charge >= 0.3 is 0 Å². The lowest BCUT2D eigenvalue weighted by atomic mass is 9.66. The molecule has 3 aromatic heterocycles. The molecule has 2 fully saturated rings. The van der Waals surface area contributed by atoms with E-state index >= 15 is 0 Å². The van der Waals surface area contributed by atoms with E-state index in [0.29, 0.717) is 18.8 Å². The highest BCUT2D eigenvalue weighted by molar-refractivity contribution is 5.65. The molecule has 7 rings (SSSR count). The van der Waals surface area contributed by atoms with E-state index in [-0.39, 0.29) is 28.7 Å². The zero-order valence-electron chi connectivity index (χ0n) is 21.1. The summed E-state index contributed by atoms with van der Waals surface area (Å²) in [7, 11) is 0. The summed E-state index contributed by atoms with van der Waals surface area (Å²) in [6.07, 6.45) is 6.77. The van der Waals surface area contributed by atoms with Crippen LogP contribution in [-0.2, 0) is 5.41 Å². The van der Waals surface area contributed by atoms with Gasteiger partial charge in [0.1, 0.15) is 17.5 Å². The Bertz CT molecular complexity index is 1550. The summed E-state index contributed by atoms with van der Waals surface area (Å²) in [5, 5.41) is 18.5. The van der Waals surface area contributed by atoms with Gasteiger partial charge in [-0.3, -0.25) is 4.98 Å². The molecule has 4 aromatic rings. The van der Waals surface area contributed by atoms with Crippen molar-refractivity contribution in [3.05, 3.63) is 83.6 Å². The number of fused-ring (bicyclic) bond motifs is 5. The number of aromatic nitrogens is 5. The first-order chi connectivity index (χ1) is 18.3. The molecule has 4 heterocycles. The smallest absolute Gasteiger partial charge is 0.135 e. The molecule has 1 N–H and O–H groups in total. The van der Waals surface area contributed by atoms with Crippen LogP contribution in [0.25, 0.3) is 22.5 Å². The van der Waals surface area contributed by atoms with Crippen LogP contribution < -0.4 is 4.90 Å². The molecule has 1 aliphatic heterocycles. The number of anilines is 1. The molecule has 38 heavy (non-hydrogen) atoms. The van der Waals surface area contributed by atoms with E-state index in [0.717, 1.165) is 41.2 Å². The summed E-state index contributed by atoms with van der Waals surface area (Å²) >= 11 is 0. The third-order valence-electron chi connectivity index (χ3n) is 8.90. The molecule has 0 amide bonds. The third-order valence-corrected chi connectivity index (χ3v) is 8.90. The van der Waals surface area contributed by atoms with E-state index in [4.69, 9.17) is 4.98 Å². The summed E-state index contributed by atoms with van der Waals surface area (Å²) in [5.41, 5.74) is 3.46. The van der Waals surface area contributed by atoms with Crippen LogP contribution >= 0.6 is 0 Å². The highest BCUT2D eigenvalue weighted by atomic mass is 19.1. The summed E-state index contributed by atoms with van der Waals surface area (Å²) in [4.78, 5) is 16.2. The van der Waals surface area contributed by atoms with Crippen molar-refractivity contribution in [1.29, 1.82) is 0 Å². The standard InChI is InChI=1S/C29H26F2N6O/c1-28(2)19-8-9-29(28,27-18(19)10-22(35-36-27)26-20(30)4-3-5-21(26)31)24-13-32-12-23(34-24)16-6-7-25(33-11-16)37-14-17(38)15-37/h3-7,10-13,17,19,38H,8-9,14-15H2,1-2H3/t19-,29-/m0/s1. The van der Waals surface area contributed by atoms with Crippen LogP contribution in [-0.4, -0.2) is 49.4 Å². The Hall–Kier alpha value is -3.85. The quantitative estimate of drug-likeness (QED) is 0.426. The lowest BCUT2D eigenvalue weighted by Gasteiger charge is -2.37. The number of hydrogen-bond donors (Lipinski definition) is 1. The van der Waals surface area contributed by atoms with E-state index in [2.05, 4.69) is 34.0 Å². The number of β-amino-alcohol motifs (C(OH)–C–C–N with tert-alkyl or cyclic N) is 1. The largest absolute Gasteiger partial charge is 0.389 e. The number of nitrogens with zero attached hydrogens (tertiary/aromatic N) is 6. The number of rotatable bonds is 4. The van der Waals surface area contributed by atoms with E-state index in [9.17, 15) is 13.9 Å². The van der Waals surface area contributed by atoms with Crippen molar-refractivity contribution in [2.45, 2.75) is 44.1 Å². The molecule has 1 saturated carbocycles. The van der Waals surface area contributed by atoms with Crippen molar-refractivity contribution in [1.82, 2.24) is 25.1 Å². The number of pyridine rings is 1. The number of hydrogen-bond acceptors (Lipinski definition) is 7. The van der Waals surface area contributed by atoms with E-state index in [1.807, 2.05) is 23.1 Å². The minimum absolute atomic E-state index is 0.150. The predicted molar refractivity (Wildman–Crippen MR) is 137 cm³/mol. The van der Waals surface area contributed by atoms with Crippen molar-refractivity contribution in [3.63, 3.8) is 0 Å². The minimum Gasteiger partial charge on any atom is -0.389 e. The Kier molecular flexibility index (Phi) is 4.95. The number of aliphatic hydroxyl groups excluding tert-OH is 1. The van der Waals surface area contributed by atoms with Crippen LogP contribution in [0.15, 0.2) is 55.0 Å². The second kappa shape index (κ2) is 8.07. The van der Waals surface area contributed by atoms with E-state index < -0.39 is 17.0 Å². The molecule has 1 saturated heterocycles. The highest BCUT2D eigenvalue weighted by Gasteiger charge is 2.65. The Balaban J connectivity index is 1.29. The summed E-state index contributed by atoms with van der Waals surface area (Å²) in [5.74, 6) is -0.330. The Morgan fingerprint density at radius 3 is 2.47 bits per heavy atom. The van der Waals surface area contributed by atoms with Gasteiger partial charge in [-0.05, 0) is 60.1 Å². The Morgan fingerprint density at radius 1 is 0.974 bits per heavy atom. The first kappa shape index (κ1) is 23.3. The molecule has 0 unspecified atom stereocenters. The molecule has 2 atom stereocenters. The van der Waals surface area contributed by atoms with Gasteiger partial charge in [0, 0.05) is 31.0 Å². The van der Waals surface area contributed by atoms with Gasteiger partial charge in [-0.1, -0.05) is 19.9 Å². The first-order valence-electron chi connectivity index (χ1n) is 12.8. The minimum atomic E-state index is -0.653. The molecule has 3 aliphatic rings. The van der Waals surface area contributed by atoms with Gasteiger partial charge in [-0.25, -0.2) is 18.7 Å². The van der Waals surface area contributed by atoms with Gasteiger partial charge in [0.05, 0.1) is 46.1 Å². The fourth-order valence-corrected chi connectivity index (χ4v) is 6.83.